The zero-order valence-electron chi connectivity index (χ0n) is 17.1. The fourth-order valence-corrected chi connectivity index (χ4v) is 4.09. The molecular formula is C23H26N2O3S. The second-order valence-corrected chi connectivity index (χ2v) is 9.31. The van der Waals surface area contributed by atoms with E-state index in [1.54, 1.807) is 12.1 Å². The Kier molecular flexibility index (Phi) is 6.23. The fourth-order valence-electron chi connectivity index (χ4n) is 3.12. The molecule has 3 aromatic rings. The molecule has 0 saturated carbocycles. The molecule has 3 rings (SSSR count). The predicted molar refractivity (Wildman–Crippen MR) is 116 cm³/mol. The van der Waals surface area contributed by atoms with Gasteiger partial charge in [-0.2, -0.15) is 0 Å². The number of rotatable bonds is 6. The number of benzene rings is 1. The number of hydrogen-bond donors (Lipinski definition) is 2. The van der Waals surface area contributed by atoms with Crippen LogP contribution < -0.4 is 10.6 Å². The second kappa shape index (κ2) is 8.66. The molecule has 0 saturated heterocycles. The van der Waals surface area contributed by atoms with Gasteiger partial charge in [0.25, 0.3) is 11.8 Å². The number of anilines is 1. The lowest BCUT2D eigenvalue weighted by molar-refractivity contribution is 0.0929. The van der Waals surface area contributed by atoms with Crippen LogP contribution in [0.1, 0.15) is 64.6 Å². The molecule has 0 aliphatic heterocycles. The molecule has 0 aliphatic rings. The summed E-state index contributed by atoms with van der Waals surface area (Å²) in [7, 11) is 0. The first-order valence-corrected chi connectivity index (χ1v) is 10.4. The summed E-state index contributed by atoms with van der Waals surface area (Å²) in [4.78, 5) is 25.8. The molecule has 0 bridgehead atoms. The highest BCUT2D eigenvalue weighted by molar-refractivity contribution is 7.18. The van der Waals surface area contributed by atoms with Gasteiger partial charge in [-0.1, -0.05) is 51.1 Å². The van der Waals surface area contributed by atoms with Crippen molar-refractivity contribution in [3.8, 4) is 0 Å². The molecule has 0 fully saturated rings. The van der Waals surface area contributed by atoms with Crippen LogP contribution in [0.3, 0.4) is 0 Å². The van der Waals surface area contributed by atoms with Crippen LogP contribution in [0.25, 0.3) is 0 Å². The minimum absolute atomic E-state index is 0.0560. The molecular weight excluding hydrogens is 384 g/mol. The Balaban J connectivity index is 1.76. The van der Waals surface area contributed by atoms with Gasteiger partial charge in [0, 0.05) is 0 Å². The summed E-state index contributed by atoms with van der Waals surface area (Å²) in [5.74, 6) is -0.237. The summed E-state index contributed by atoms with van der Waals surface area (Å²) >= 11 is 1.26. The average Bonchev–Trinajstić information content (AvgIpc) is 3.30. The van der Waals surface area contributed by atoms with Crippen molar-refractivity contribution in [3.05, 3.63) is 76.6 Å². The van der Waals surface area contributed by atoms with Crippen molar-refractivity contribution < 1.29 is 14.0 Å². The topological polar surface area (TPSA) is 71.3 Å². The predicted octanol–water partition coefficient (Wildman–Crippen LogP) is 5.81. The van der Waals surface area contributed by atoms with Crippen molar-refractivity contribution in [3.63, 3.8) is 0 Å². The quantitative estimate of drug-likeness (QED) is 0.539. The zero-order valence-corrected chi connectivity index (χ0v) is 17.9. The van der Waals surface area contributed by atoms with Crippen LogP contribution in [0.15, 0.2) is 59.2 Å². The first-order valence-electron chi connectivity index (χ1n) is 9.54. The highest BCUT2D eigenvalue weighted by atomic mass is 32.1. The molecule has 1 unspecified atom stereocenters. The van der Waals surface area contributed by atoms with Gasteiger partial charge in [-0.3, -0.25) is 9.59 Å². The first-order chi connectivity index (χ1) is 13.7. The molecule has 2 aromatic heterocycles. The number of hydrogen-bond acceptors (Lipinski definition) is 4. The number of nitrogens with one attached hydrogen (secondary N) is 2. The number of furan rings is 1. The number of carbonyl (C=O) groups is 2. The van der Waals surface area contributed by atoms with Gasteiger partial charge >= 0.3 is 0 Å². The molecule has 0 radical (unpaired) electrons. The van der Waals surface area contributed by atoms with Crippen molar-refractivity contribution in [2.75, 3.05) is 5.32 Å². The van der Waals surface area contributed by atoms with E-state index in [0.717, 1.165) is 17.5 Å². The lowest BCUT2D eigenvalue weighted by atomic mass is 9.85. The molecule has 2 heterocycles. The maximum absolute atomic E-state index is 13.0. The van der Waals surface area contributed by atoms with Crippen LogP contribution in [0.5, 0.6) is 0 Å². The van der Waals surface area contributed by atoms with E-state index in [0.29, 0.717) is 9.88 Å². The fraction of sp³-hybridized carbons (Fsp3) is 0.304. The van der Waals surface area contributed by atoms with Gasteiger partial charge in [-0.05, 0) is 48.1 Å². The molecule has 1 aromatic carbocycles. The molecule has 2 N–H and O–H groups in total. The third-order valence-corrected chi connectivity index (χ3v) is 5.58. The van der Waals surface area contributed by atoms with Crippen LogP contribution in [0.4, 0.5) is 5.00 Å². The Morgan fingerprint density at radius 1 is 1.07 bits per heavy atom. The Morgan fingerprint density at radius 3 is 2.41 bits per heavy atom. The summed E-state index contributed by atoms with van der Waals surface area (Å²) in [6.45, 7) is 8.35. The first kappa shape index (κ1) is 20.9. The number of amides is 2. The van der Waals surface area contributed by atoms with Gasteiger partial charge < -0.3 is 15.1 Å². The lowest BCUT2D eigenvalue weighted by Gasteiger charge is -2.27. The van der Waals surface area contributed by atoms with E-state index in [1.807, 2.05) is 43.3 Å². The van der Waals surface area contributed by atoms with Crippen molar-refractivity contribution in [1.82, 2.24) is 5.32 Å². The normalized spacial score (nSPS) is 12.4. The van der Waals surface area contributed by atoms with Gasteiger partial charge in [0.2, 0.25) is 0 Å². The molecule has 6 heteroatoms. The standard InChI is InChI=1S/C23H26N2O3S/c1-15-13-19(25-21(26)18-11-8-12-28-18)29-20(15)22(27)24-17(14-23(2,3)4)16-9-6-5-7-10-16/h5-13,17H,14H2,1-4H3,(H,24,27)(H,25,26). The van der Waals surface area contributed by atoms with E-state index in [4.69, 9.17) is 4.42 Å². The summed E-state index contributed by atoms with van der Waals surface area (Å²) in [6, 6.07) is 15.0. The Labute approximate surface area is 175 Å². The van der Waals surface area contributed by atoms with Crippen molar-refractivity contribution in [2.24, 2.45) is 5.41 Å². The van der Waals surface area contributed by atoms with Crippen LogP contribution >= 0.6 is 11.3 Å². The Morgan fingerprint density at radius 2 is 1.79 bits per heavy atom. The largest absolute Gasteiger partial charge is 0.459 e. The lowest BCUT2D eigenvalue weighted by Crippen LogP contribution is -2.31. The van der Waals surface area contributed by atoms with E-state index in [-0.39, 0.29) is 29.0 Å². The van der Waals surface area contributed by atoms with Crippen molar-refractivity contribution >= 4 is 28.2 Å². The summed E-state index contributed by atoms with van der Waals surface area (Å²) < 4.78 is 5.11. The van der Waals surface area contributed by atoms with Crippen LogP contribution in [-0.2, 0) is 0 Å². The van der Waals surface area contributed by atoms with Gasteiger partial charge in [-0.15, -0.1) is 11.3 Å². The monoisotopic (exact) mass is 410 g/mol. The zero-order chi connectivity index (χ0) is 21.0. The second-order valence-electron chi connectivity index (χ2n) is 8.26. The van der Waals surface area contributed by atoms with Crippen LogP contribution in [0, 0.1) is 12.3 Å². The molecule has 0 aliphatic carbocycles. The Bertz CT molecular complexity index is 969. The third kappa shape index (κ3) is 5.57. The molecule has 2 amide bonds. The molecule has 5 nitrogen and oxygen atoms in total. The maximum Gasteiger partial charge on any atom is 0.291 e. The number of thiophene rings is 1. The van der Waals surface area contributed by atoms with Gasteiger partial charge in [-0.25, -0.2) is 0 Å². The van der Waals surface area contributed by atoms with Crippen LogP contribution in [0.2, 0.25) is 0 Å². The van der Waals surface area contributed by atoms with Gasteiger partial charge in [0.15, 0.2) is 5.76 Å². The van der Waals surface area contributed by atoms with E-state index < -0.39 is 0 Å². The highest BCUT2D eigenvalue weighted by Crippen LogP contribution is 2.32. The summed E-state index contributed by atoms with van der Waals surface area (Å²) in [6.07, 6.45) is 2.27. The summed E-state index contributed by atoms with van der Waals surface area (Å²) in [5.41, 5.74) is 1.96. The molecule has 0 spiro atoms. The average molecular weight is 411 g/mol. The van der Waals surface area contributed by atoms with E-state index in [1.165, 1.54) is 17.6 Å². The van der Waals surface area contributed by atoms with Gasteiger partial charge in [0.05, 0.1) is 22.2 Å². The minimum Gasteiger partial charge on any atom is -0.459 e. The molecule has 152 valence electrons. The van der Waals surface area contributed by atoms with E-state index >= 15 is 0 Å². The van der Waals surface area contributed by atoms with Gasteiger partial charge in [0.1, 0.15) is 0 Å². The Hall–Kier alpha value is -2.86. The van der Waals surface area contributed by atoms with E-state index in [2.05, 4.69) is 31.4 Å². The van der Waals surface area contributed by atoms with Crippen LogP contribution in [-0.4, -0.2) is 11.8 Å². The molecule has 29 heavy (non-hydrogen) atoms. The van der Waals surface area contributed by atoms with Crippen molar-refractivity contribution in [1.29, 1.82) is 0 Å². The van der Waals surface area contributed by atoms with E-state index in [9.17, 15) is 9.59 Å². The minimum atomic E-state index is -0.335. The summed E-state index contributed by atoms with van der Waals surface area (Å²) in [5, 5.41) is 6.58. The third-order valence-electron chi connectivity index (χ3n) is 4.43. The maximum atomic E-state index is 13.0. The molecule has 1 atom stereocenters. The number of aryl methyl sites for hydroxylation is 1. The smallest absolute Gasteiger partial charge is 0.291 e. The van der Waals surface area contributed by atoms with Crippen molar-refractivity contribution in [2.45, 2.75) is 40.2 Å². The SMILES string of the molecule is Cc1cc(NC(=O)c2ccco2)sc1C(=O)NC(CC(C)(C)C)c1ccccc1. The number of carbonyl (C=O) groups excluding carboxylic acids is 2. The highest BCUT2D eigenvalue weighted by Gasteiger charge is 2.24.